The van der Waals surface area contributed by atoms with Crippen LogP contribution in [0.5, 0.6) is 0 Å². The minimum Gasteiger partial charge on any atom is -0.380 e. The van der Waals surface area contributed by atoms with Gasteiger partial charge >= 0.3 is 0 Å². The summed E-state index contributed by atoms with van der Waals surface area (Å²) in [5.74, 6) is 0.735. The molecule has 1 saturated carbocycles. The summed E-state index contributed by atoms with van der Waals surface area (Å²) >= 11 is 0. The van der Waals surface area contributed by atoms with Crippen LogP contribution in [-0.2, 0) is 60.9 Å². The Hall–Kier alpha value is -4.81. The van der Waals surface area contributed by atoms with Crippen molar-refractivity contribution in [1.82, 2.24) is 37.2 Å². The summed E-state index contributed by atoms with van der Waals surface area (Å²) in [6.07, 6.45) is 49.9. The molecule has 1 aliphatic rings. The molecule has 9 heteroatoms. The first-order chi connectivity index (χ1) is 48.3. The van der Waals surface area contributed by atoms with E-state index in [1.165, 1.54) is 143 Å². The predicted octanol–water partition coefficient (Wildman–Crippen LogP) is 21.0. The number of carbonyl (C=O) groups is 1. The van der Waals surface area contributed by atoms with Gasteiger partial charge in [0, 0.05) is 31.7 Å². The molecule has 0 spiro atoms. The van der Waals surface area contributed by atoms with Gasteiger partial charge in [-0.05, 0) is 255 Å². The van der Waals surface area contributed by atoms with Gasteiger partial charge in [0.1, 0.15) is 5.78 Å². The average Bonchev–Trinajstić information content (AvgIpc) is 1.10. The summed E-state index contributed by atoms with van der Waals surface area (Å²) in [4.78, 5) is 11.0. The van der Waals surface area contributed by atoms with Crippen molar-refractivity contribution in [2.24, 2.45) is 5.92 Å². The van der Waals surface area contributed by atoms with Crippen LogP contribution in [-0.4, -0.2) is 114 Å². The van der Waals surface area contributed by atoms with Gasteiger partial charge in [0.25, 0.3) is 0 Å². The summed E-state index contributed by atoms with van der Waals surface area (Å²) in [5, 5.41) is 21.8. The zero-order chi connectivity index (χ0) is 74.7. The molecule has 0 atom stereocenters. The maximum Gasteiger partial charge on any atom is 0.132 e. The fourth-order valence-corrected chi connectivity index (χ4v) is 10.3. The van der Waals surface area contributed by atoms with Crippen molar-refractivity contribution in [1.29, 1.82) is 0 Å². The number of rotatable bonds is 39. The van der Waals surface area contributed by atoms with Crippen LogP contribution in [0.2, 0.25) is 0 Å². The minimum absolute atomic E-state index is 0.361. The molecule has 1 fully saturated rings. The monoisotopic (exact) mass is 1370 g/mol. The van der Waals surface area contributed by atoms with E-state index in [0.717, 1.165) is 117 Å². The van der Waals surface area contributed by atoms with Gasteiger partial charge in [-0.15, -0.1) is 0 Å². The van der Waals surface area contributed by atoms with Crippen LogP contribution in [0.15, 0.2) is 146 Å². The highest BCUT2D eigenvalue weighted by molar-refractivity contribution is 5.78. The smallest absolute Gasteiger partial charge is 0.132 e. The second kappa shape index (κ2) is 87.4. The summed E-state index contributed by atoms with van der Waals surface area (Å²) in [6.45, 7) is 36.1. The van der Waals surface area contributed by atoms with Crippen molar-refractivity contribution in [3.05, 3.63) is 190 Å². The Morgan fingerprint density at radius 1 is 0.343 bits per heavy atom. The summed E-state index contributed by atoms with van der Waals surface area (Å²) in [5.41, 5.74) is 12.1. The fourth-order valence-electron chi connectivity index (χ4n) is 10.3. The topological polar surface area (TPSA) is 111 Å². The van der Waals surface area contributed by atoms with Crippen molar-refractivity contribution in [3.8, 4) is 0 Å². The van der Waals surface area contributed by atoms with E-state index in [1.807, 2.05) is 49.3 Å². The maximum atomic E-state index is 11.0. The number of likely N-dealkylation sites (N-methyl/N-ethyl adjacent to an activating group) is 4. The Morgan fingerprint density at radius 2 is 0.657 bits per heavy atom. The number of hydrogen-bond acceptors (Lipinski definition) is 9. The zero-order valence-electron chi connectivity index (χ0n) is 68.6. The molecule has 0 aliphatic heterocycles. The second-order valence-electron chi connectivity index (χ2n) is 25.1. The average molecular weight is 1380 g/mol. The number of benzene rings is 4. The SMILES string of the molecule is CC/C=C/CCC.CC/C=C/CCNC.CCC/C=C/CCNC.CCC/C=C/CNC.CCCOCCNC.CCCc1ccccc1CC.CCCc1ccccc1CCC.CCCc1ccccc1CCNC.CCc1ccccc1CCNC.CNC1CCC(C(C)=O)CC1. The predicted molar refractivity (Wildman–Crippen MR) is 449 cm³/mol. The highest BCUT2D eigenvalue weighted by Crippen LogP contribution is 2.24. The van der Waals surface area contributed by atoms with E-state index in [9.17, 15) is 4.79 Å². The highest BCUT2D eigenvalue weighted by Gasteiger charge is 2.22. The van der Waals surface area contributed by atoms with Crippen LogP contribution in [0, 0.1) is 5.92 Å². The van der Waals surface area contributed by atoms with Gasteiger partial charge in [0.05, 0.1) is 6.61 Å². The van der Waals surface area contributed by atoms with Crippen molar-refractivity contribution < 1.29 is 9.53 Å². The lowest BCUT2D eigenvalue weighted by Crippen LogP contribution is -2.31. The first-order valence-electron chi connectivity index (χ1n) is 39.8. The van der Waals surface area contributed by atoms with Crippen molar-refractivity contribution in [3.63, 3.8) is 0 Å². The molecule has 1 aliphatic carbocycles. The van der Waals surface area contributed by atoms with Gasteiger partial charge in [0.15, 0.2) is 0 Å². The number of unbranched alkanes of at least 4 members (excludes halogenated alkanes) is 3. The molecular weight excluding hydrogens is 1210 g/mol. The van der Waals surface area contributed by atoms with Crippen LogP contribution in [0.3, 0.4) is 0 Å². The third-order valence-corrected chi connectivity index (χ3v) is 16.1. The van der Waals surface area contributed by atoms with Gasteiger partial charge in [-0.3, -0.25) is 4.79 Å². The number of aryl methyl sites for hydroxylation is 6. The van der Waals surface area contributed by atoms with Crippen LogP contribution in [0.25, 0.3) is 0 Å². The first kappa shape index (κ1) is 103. The molecule has 9 nitrogen and oxygen atoms in total. The molecule has 0 saturated heterocycles. The lowest BCUT2D eigenvalue weighted by atomic mass is 9.84. The number of allylic oxidation sites excluding steroid dienone is 5. The molecular formula is C90H163N7O2. The largest absolute Gasteiger partial charge is 0.380 e. The lowest BCUT2D eigenvalue weighted by molar-refractivity contribution is -0.121. The third-order valence-electron chi connectivity index (χ3n) is 16.1. The highest BCUT2D eigenvalue weighted by atomic mass is 16.5. The number of Topliss-reactive ketones (excluding diaryl/α,β-unsaturated/α-hetero) is 1. The molecule has 0 aromatic heterocycles. The Kier molecular flexibility index (Phi) is 90.8. The molecule has 0 radical (unpaired) electrons. The van der Waals surface area contributed by atoms with E-state index in [2.05, 4.69) is 266 Å². The molecule has 4 aromatic rings. The van der Waals surface area contributed by atoms with Crippen molar-refractivity contribution in [2.45, 2.75) is 269 Å². The van der Waals surface area contributed by atoms with E-state index >= 15 is 0 Å². The summed E-state index contributed by atoms with van der Waals surface area (Å²) < 4.78 is 5.16. The molecule has 4 aromatic carbocycles. The Bertz CT molecular complexity index is 2300. The van der Waals surface area contributed by atoms with Gasteiger partial charge < -0.3 is 42.0 Å². The van der Waals surface area contributed by atoms with E-state index in [1.54, 1.807) is 18.1 Å². The number of nitrogens with one attached hydrogen (secondary N) is 7. The Balaban J connectivity index is -0.000000333. The molecule has 0 bridgehead atoms. The fraction of sp³-hybridized carbons (Fsp3) is 0.633. The van der Waals surface area contributed by atoms with Gasteiger partial charge in [-0.25, -0.2) is 0 Å². The van der Waals surface area contributed by atoms with E-state index in [4.69, 9.17) is 4.74 Å². The Morgan fingerprint density at radius 3 is 0.960 bits per heavy atom. The van der Waals surface area contributed by atoms with Gasteiger partial charge in [-0.1, -0.05) is 274 Å². The van der Waals surface area contributed by atoms with Crippen LogP contribution >= 0.6 is 0 Å². The third kappa shape index (κ3) is 71.4. The number of carbonyl (C=O) groups excluding carboxylic acids is 1. The lowest BCUT2D eigenvalue weighted by Gasteiger charge is -2.26. The number of hydrogen-bond donors (Lipinski definition) is 7. The summed E-state index contributed by atoms with van der Waals surface area (Å²) in [7, 11) is 13.8. The normalized spacial score (nSPS) is 12.7. The molecule has 7 N–H and O–H groups in total. The molecule has 570 valence electrons. The Labute approximate surface area is 616 Å². The number of ether oxygens (including phenoxy) is 1. The van der Waals surface area contributed by atoms with Crippen LogP contribution in [0.4, 0.5) is 0 Å². The molecule has 0 unspecified atom stereocenters. The molecule has 5 rings (SSSR count). The van der Waals surface area contributed by atoms with Crippen molar-refractivity contribution >= 4 is 5.78 Å². The van der Waals surface area contributed by atoms with Gasteiger partial charge in [0.2, 0.25) is 0 Å². The molecule has 0 heterocycles. The van der Waals surface area contributed by atoms with Gasteiger partial charge in [-0.2, -0.15) is 0 Å². The first-order valence-corrected chi connectivity index (χ1v) is 39.8. The maximum absolute atomic E-state index is 11.0. The van der Waals surface area contributed by atoms with E-state index in [0.29, 0.717) is 17.7 Å². The molecule has 99 heavy (non-hydrogen) atoms. The number of ketones is 1. The summed E-state index contributed by atoms with van der Waals surface area (Å²) in [6, 6.07) is 35.6. The van der Waals surface area contributed by atoms with Crippen LogP contribution < -0.4 is 37.2 Å². The molecule has 0 amide bonds. The van der Waals surface area contributed by atoms with Crippen molar-refractivity contribution in [2.75, 3.05) is 102 Å². The minimum atomic E-state index is 0.361. The van der Waals surface area contributed by atoms with E-state index in [-0.39, 0.29) is 0 Å². The van der Waals surface area contributed by atoms with Crippen LogP contribution in [0.1, 0.15) is 257 Å². The standard InChI is InChI=1S/C12H19N.C12H18.C11H17N.C11H16.C9H17NO.C8H17N.2C7H15N.C7H14.C6H15NO/c1-3-6-11-7-4-5-8-12(11)9-10-13-2;1-3-7-11-9-5-6-10-12(11)8-4-2;1-3-10-6-4-5-7-11(10)8-9-12-2;1-3-7-11-9-6-5-8-10(11)4-2;1-7(11)8-3-5-9(10-2)6-4-8;1-3-4-5-6-7-8-9-2;2*1-3-4-5-6-7-8-2;1-3-5-7-6-4-2;1-3-5-8-6-4-7-2/h4-5,7-8,13H,3,6,9-10H2,1-2H3;5-6,9-10H,3-4,7-8H2,1-2H3;4-7,12H,3,8-9H2,1-2H3;5-6,8-9H,3-4,7H2,1-2H3;8-10H,3-6H2,1-2H3;5-6,9H,3-4,7-8H2,1-2H3;5-6,8H,3-4,7H2,1-2H3;4-5,8H,3,6-7H2,1-2H3;5,7H,3-4,6H2,1-2H3;7H,3-6H2,1-2H3/b;;;;;2*6-5+;5-4+;7-5+;. The van der Waals surface area contributed by atoms with E-state index < -0.39 is 0 Å². The zero-order valence-corrected chi connectivity index (χ0v) is 68.6. The second-order valence-corrected chi connectivity index (χ2v) is 25.1. The quantitative estimate of drug-likeness (QED) is 0.0174.